The summed E-state index contributed by atoms with van der Waals surface area (Å²) in [6.45, 7) is 0.889. The van der Waals surface area contributed by atoms with E-state index in [9.17, 15) is 12.8 Å². The van der Waals surface area contributed by atoms with Gasteiger partial charge >= 0.3 is 0 Å². The first-order valence-corrected chi connectivity index (χ1v) is 8.33. The molecule has 0 aliphatic heterocycles. The van der Waals surface area contributed by atoms with Crippen LogP contribution in [0.4, 0.5) is 4.39 Å². The number of guanidine groups is 1. The number of benzene rings is 1. The summed E-state index contributed by atoms with van der Waals surface area (Å²) < 4.78 is 35.0. The Kier molecular flexibility index (Phi) is 9.51. The van der Waals surface area contributed by atoms with Crippen LogP contribution in [0.3, 0.4) is 0 Å². The van der Waals surface area contributed by atoms with Crippen LogP contribution in [0.15, 0.2) is 29.3 Å². The van der Waals surface area contributed by atoms with Gasteiger partial charge in [0, 0.05) is 26.4 Å². The summed E-state index contributed by atoms with van der Waals surface area (Å²) in [4.78, 5) is 3.98. The van der Waals surface area contributed by atoms with Gasteiger partial charge in [0.2, 0.25) is 0 Å². The summed E-state index contributed by atoms with van der Waals surface area (Å²) in [6.07, 6.45) is 1.85. The third-order valence-corrected chi connectivity index (χ3v) is 3.53. The van der Waals surface area contributed by atoms with Crippen LogP contribution >= 0.6 is 24.0 Å². The Hall–Kier alpha value is -0.900. The minimum Gasteiger partial charge on any atom is -0.356 e. The normalized spacial score (nSPS) is 11.7. The monoisotopic (exact) mass is 429 g/mol. The molecule has 0 saturated carbocycles. The number of sulfone groups is 1. The molecule has 0 amide bonds. The van der Waals surface area contributed by atoms with Crippen LogP contribution in [0, 0.1) is 5.82 Å². The third-order valence-electron chi connectivity index (χ3n) is 2.58. The summed E-state index contributed by atoms with van der Waals surface area (Å²) in [5, 5.41) is 5.95. The third kappa shape index (κ3) is 9.62. The lowest BCUT2D eigenvalue weighted by atomic mass is 10.1. The fraction of sp³-hybridized carbons (Fsp3) is 0.462. The lowest BCUT2D eigenvalue weighted by Gasteiger charge is -2.11. The van der Waals surface area contributed by atoms with Crippen LogP contribution in [0.5, 0.6) is 0 Å². The molecule has 0 atom stereocenters. The Morgan fingerprint density at radius 3 is 2.52 bits per heavy atom. The van der Waals surface area contributed by atoms with Crippen molar-refractivity contribution in [3.63, 3.8) is 0 Å². The highest BCUT2D eigenvalue weighted by atomic mass is 127. The quantitative estimate of drug-likeness (QED) is 0.405. The number of nitrogens with one attached hydrogen (secondary N) is 2. The van der Waals surface area contributed by atoms with Crippen molar-refractivity contribution in [1.29, 1.82) is 0 Å². The van der Waals surface area contributed by atoms with Crippen molar-refractivity contribution in [2.24, 2.45) is 4.99 Å². The first-order valence-electron chi connectivity index (χ1n) is 6.27. The van der Waals surface area contributed by atoms with Crippen LogP contribution in [0.25, 0.3) is 0 Å². The summed E-state index contributed by atoms with van der Waals surface area (Å²) in [5.41, 5.74) is 0.893. The zero-order chi connectivity index (χ0) is 15.0. The Bertz CT molecular complexity index is 564. The number of hydrogen-bond donors (Lipinski definition) is 2. The van der Waals surface area contributed by atoms with Gasteiger partial charge in [0.1, 0.15) is 15.7 Å². The van der Waals surface area contributed by atoms with Gasteiger partial charge in [0.25, 0.3) is 0 Å². The molecule has 8 heteroatoms. The van der Waals surface area contributed by atoms with Crippen molar-refractivity contribution >= 4 is 39.8 Å². The van der Waals surface area contributed by atoms with E-state index in [0.717, 1.165) is 5.56 Å². The molecule has 0 aliphatic rings. The van der Waals surface area contributed by atoms with Crippen molar-refractivity contribution in [2.75, 3.05) is 32.1 Å². The molecule has 0 aromatic heterocycles. The van der Waals surface area contributed by atoms with Crippen molar-refractivity contribution in [3.05, 3.63) is 35.6 Å². The molecule has 120 valence electrons. The topological polar surface area (TPSA) is 70.6 Å². The molecule has 5 nitrogen and oxygen atoms in total. The summed E-state index contributed by atoms with van der Waals surface area (Å²) >= 11 is 0. The predicted octanol–water partition coefficient (Wildman–Crippen LogP) is 1.20. The molecule has 2 N–H and O–H groups in total. The fourth-order valence-electron chi connectivity index (χ4n) is 1.59. The summed E-state index contributed by atoms with van der Waals surface area (Å²) in [6, 6.07) is 6.42. The average Bonchev–Trinajstić information content (AvgIpc) is 2.35. The fourth-order valence-corrected chi connectivity index (χ4v) is 2.07. The SMILES string of the molecule is CN=C(NCCc1cccc(F)c1)NCCS(C)(=O)=O.I. The van der Waals surface area contributed by atoms with Crippen molar-refractivity contribution in [1.82, 2.24) is 10.6 Å². The van der Waals surface area contributed by atoms with Gasteiger partial charge in [-0.1, -0.05) is 12.1 Å². The van der Waals surface area contributed by atoms with Gasteiger partial charge < -0.3 is 10.6 Å². The van der Waals surface area contributed by atoms with Crippen molar-refractivity contribution in [2.45, 2.75) is 6.42 Å². The molecule has 1 rings (SSSR count). The van der Waals surface area contributed by atoms with Crippen LogP contribution < -0.4 is 10.6 Å². The van der Waals surface area contributed by atoms with Gasteiger partial charge in [-0.15, -0.1) is 24.0 Å². The first kappa shape index (κ1) is 20.1. The number of hydrogen-bond acceptors (Lipinski definition) is 3. The van der Waals surface area contributed by atoms with Gasteiger partial charge in [0.15, 0.2) is 5.96 Å². The van der Waals surface area contributed by atoms with Gasteiger partial charge in [0.05, 0.1) is 5.75 Å². The molecule has 0 heterocycles. The Balaban J connectivity index is 0.00000400. The van der Waals surface area contributed by atoms with E-state index in [1.165, 1.54) is 18.4 Å². The van der Waals surface area contributed by atoms with E-state index in [0.29, 0.717) is 25.5 Å². The number of nitrogens with zero attached hydrogens (tertiary/aromatic N) is 1. The summed E-state index contributed by atoms with van der Waals surface area (Å²) in [7, 11) is -1.37. The van der Waals surface area contributed by atoms with Crippen molar-refractivity contribution < 1.29 is 12.8 Å². The number of rotatable bonds is 6. The van der Waals surface area contributed by atoms with Crippen LogP contribution in [-0.2, 0) is 16.3 Å². The second kappa shape index (κ2) is 9.93. The van der Waals surface area contributed by atoms with Gasteiger partial charge in [-0.3, -0.25) is 4.99 Å². The molecule has 0 unspecified atom stereocenters. The number of aliphatic imine (C=N–C) groups is 1. The Morgan fingerprint density at radius 1 is 1.29 bits per heavy atom. The highest BCUT2D eigenvalue weighted by Crippen LogP contribution is 2.03. The van der Waals surface area contributed by atoms with E-state index in [-0.39, 0.29) is 35.5 Å². The van der Waals surface area contributed by atoms with E-state index in [2.05, 4.69) is 15.6 Å². The second-order valence-corrected chi connectivity index (χ2v) is 6.70. The molecule has 1 aromatic rings. The van der Waals surface area contributed by atoms with E-state index in [1.807, 2.05) is 6.07 Å². The maximum Gasteiger partial charge on any atom is 0.191 e. The summed E-state index contributed by atoms with van der Waals surface area (Å²) in [5.74, 6) is 0.334. The van der Waals surface area contributed by atoms with E-state index in [1.54, 1.807) is 13.1 Å². The Morgan fingerprint density at radius 2 is 1.95 bits per heavy atom. The largest absolute Gasteiger partial charge is 0.356 e. The molecule has 0 fully saturated rings. The maximum atomic E-state index is 13.0. The van der Waals surface area contributed by atoms with Crippen LogP contribution in [0.2, 0.25) is 0 Å². The molecule has 1 aromatic carbocycles. The van der Waals surface area contributed by atoms with E-state index in [4.69, 9.17) is 0 Å². The van der Waals surface area contributed by atoms with E-state index >= 15 is 0 Å². The molecule has 0 saturated heterocycles. The van der Waals surface area contributed by atoms with Crippen LogP contribution in [-0.4, -0.2) is 46.5 Å². The predicted molar refractivity (Wildman–Crippen MR) is 94.6 cm³/mol. The van der Waals surface area contributed by atoms with Gasteiger partial charge in [-0.05, 0) is 24.1 Å². The highest BCUT2D eigenvalue weighted by Gasteiger charge is 2.03. The molecule has 0 spiro atoms. The lowest BCUT2D eigenvalue weighted by molar-refractivity contribution is 0.600. The number of halogens is 2. The highest BCUT2D eigenvalue weighted by molar-refractivity contribution is 14.0. The van der Waals surface area contributed by atoms with Crippen molar-refractivity contribution in [3.8, 4) is 0 Å². The molecule has 21 heavy (non-hydrogen) atoms. The molecular formula is C13H21FIN3O2S. The second-order valence-electron chi connectivity index (χ2n) is 4.44. The Labute approximate surface area is 142 Å². The van der Waals surface area contributed by atoms with E-state index < -0.39 is 9.84 Å². The zero-order valence-corrected chi connectivity index (χ0v) is 15.2. The maximum absolute atomic E-state index is 13.0. The minimum absolute atomic E-state index is 0. The van der Waals surface area contributed by atoms with Gasteiger partial charge in [-0.25, -0.2) is 12.8 Å². The molecule has 0 bridgehead atoms. The van der Waals surface area contributed by atoms with Crippen LogP contribution in [0.1, 0.15) is 5.56 Å². The van der Waals surface area contributed by atoms with Gasteiger partial charge in [-0.2, -0.15) is 0 Å². The first-order chi connectivity index (χ1) is 9.40. The lowest BCUT2D eigenvalue weighted by Crippen LogP contribution is -2.40. The molecule has 0 radical (unpaired) electrons. The average molecular weight is 429 g/mol. The molecule has 0 aliphatic carbocycles. The smallest absolute Gasteiger partial charge is 0.191 e. The zero-order valence-electron chi connectivity index (χ0n) is 12.1. The minimum atomic E-state index is -2.98. The standard InChI is InChI=1S/C13H20FN3O2S.HI/c1-15-13(17-8-9-20(2,18)19)16-7-6-11-4-3-5-12(14)10-11;/h3-5,10H,6-9H2,1-2H3,(H2,15,16,17);1H. The molecular weight excluding hydrogens is 408 g/mol.